The minimum Gasteiger partial charge on any atom is -0.198 e. The first kappa shape index (κ1) is 11.4. The molecule has 0 spiro atoms. The van der Waals surface area contributed by atoms with Crippen molar-refractivity contribution in [3.8, 4) is 17.2 Å². The van der Waals surface area contributed by atoms with Gasteiger partial charge >= 0.3 is 0 Å². The second kappa shape index (κ2) is 5.32. The Morgan fingerprint density at radius 1 is 0.941 bits per heavy atom. The van der Waals surface area contributed by atoms with Crippen LogP contribution in [0.3, 0.4) is 0 Å². The number of hydrogen-bond acceptors (Lipinski definition) is 1. The maximum atomic E-state index is 8.68. The molecule has 1 nitrogen and oxygen atoms in total. The monoisotopic (exact) mass is 221 g/mol. The average Bonchev–Trinajstić information content (AvgIpc) is 2.40. The van der Waals surface area contributed by atoms with E-state index >= 15 is 0 Å². The standard InChI is InChI=1S/C16H15N/c1-13(11-12-17)14-7-9-16(10-8-14)15-5-3-2-4-6-15/h2-10,13H,11H2,1H3. The Morgan fingerprint density at radius 2 is 1.53 bits per heavy atom. The van der Waals surface area contributed by atoms with Crippen molar-refractivity contribution < 1.29 is 0 Å². The largest absolute Gasteiger partial charge is 0.198 e. The lowest BCUT2D eigenvalue weighted by Crippen LogP contribution is -1.91. The summed E-state index contributed by atoms with van der Waals surface area (Å²) in [4.78, 5) is 0. The minimum absolute atomic E-state index is 0.310. The fourth-order valence-corrected chi connectivity index (χ4v) is 1.89. The summed E-state index contributed by atoms with van der Waals surface area (Å²) in [7, 11) is 0. The van der Waals surface area contributed by atoms with Crippen LogP contribution in [-0.4, -0.2) is 0 Å². The van der Waals surface area contributed by atoms with Gasteiger partial charge in [-0.15, -0.1) is 0 Å². The van der Waals surface area contributed by atoms with Gasteiger partial charge in [-0.25, -0.2) is 0 Å². The van der Waals surface area contributed by atoms with Crippen LogP contribution in [0.5, 0.6) is 0 Å². The molecule has 0 saturated carbocycles. The molecule has 0 bridgehead atoms. The summed E-state index contributed by atoms with van der Waals surface area (Å²) in [6.45, 7) is 2.08. The van der Waals surface area contributed by atoms with Gasteiger partial charge in [0.25, 0.3) is 0 Å². The fraction of sp³-hybridized carbons (Fsp3) is 0.188. The fourth-order valence-electron chi connectivity index (χ4n) is 1.89. The van der Waals surface area contributed by atoms with E-state index in [1.165, 1.54) is 16.7 Å². The molecule has 1 heteroatoms. The molecule has 17 heavy (non-hydrogen) atoms. The number of benzene rings is 2. The van der Waals surface area contributed by atoms with Crippen molar-refractivity contribution in [1.82, 2.24) is 0 Å². The zero-order chi connectivity index (χ0) is 12.1. The molecule has 0 fully saturated rings. The predicted molar refractivity (Wildman–Crippen MR) is 70.5 cm³/mol. The van der Waals surface area contributed by atoms with Gasteiger partial charge in [-0.05, 0) is 22.6 Å². The summed E-state index contributed by atoms with van der Waals surface area (Å²) < 4.78 is 0. The molecule has 0 amide bonds. The summed E-state index contributed by atoms with van der Waals surface area (Å²) in [5, 5.41) is 8.68. The summed E-state index contributed by atoms with van der Waals surface area (Å²) in [6.07, 6.45) is 0.574. The quantitative estimate of drug-likeness (QED) is 0.755. The zero-order valence-electron chi connectivity index (χ0n) is 9.93. The second-order valence-corrected chi connectivity index (χ2v) is 4.25. The molecule has 2 aromatic carbocycles. The van der Waals surface area contributed by atoms with Gasteiger partial charge < -0.3 is 0 Å². The molecular weight excluding hydrogens is 206 g/mol. The molecule has 1 atom stereocenters. The van der Waals surface area contributed by atoms with Gasteiger partial charge in [0.15, 0.2) is 0 Å². The minimum atomic E-state index is 0.310. The maximum Gasteiger partial charge on any atom is 0.0628 e. The lowest BCUT2D eigenvalue weighted by molar-refractivity contribution is 0.789. The highest BCUT2D eigenvalue weighted by Gasteiger charge is 2.04. The van der Waals surface area contributed by atoms with Crippen molar-refractivity contribution in [1.29, 1.82) is 5.26 Å². The first-order valence-electron chi connectivity index (χ1n) is 5.83. The van der Waals surface area contributed by atoms with Crippen LogP contribution in [-0.2, 0) is 0 Å². The lowest BCUT2D eigenvalue weighted by Gasteiger charge is -2.08. The Kier molecular flexibility index (Phi) is 3.57. The van der Waals surface area contributed by atoms with Crippen molar-refractivity contribution in [2.45, 2.75) is 19.3 Å². The molecule has 0 aliphatic carbocycles. The van der Waals surface area contributed by atoms with Crippen LogP contribution in [0.4, 0.5) is 0 Å². The normalized spacial score (nSPS) is 11.8. The Hall–Kier alpha value is -2.07. The summed E-state index contributed by atoms with van der Waals surface area (Å²) in [5.41, 5.74) is 3.68. The molecule has 0 N–H and O–H groups in total. The molecular formula is C16H15N. The molecule has 0 aromatic heterocycles. The van der Waals surface area contributed by atoms with Gasteiger partial charge in [0.1, 0.15) is 0 Å². The third-order valence-electron chi connectivity index (χ3n) is 2.98. The van der Waals surface area contributed by atoms with Gasteiger partial charge in [-0.2, -0.15) is 5.26 Å². The van der Waals surface area contributed by atoms with E-state index in [1.54, 1.807) is 0 Å². The van der Waals surface area contributed by atoms with E-state index in [4.69, 9.17) is 5.26 Å². The van der Waals surface area contributed by atoms with Gasteiger partial charge in [0.05, 0.1) is 6.07 Å². The number of hydrogen-bond donors (Lipinski definition) is 0. The predicted octanol–water partition coefficient (Wildman–Crippen LogP) is 4.37. The molecule has 0 aliphatic rings. The van der Waals surface area contributed by atoms with Crippen LogP contribution in [0.25, 0.3) is 11.1 Å². The molecule has 0 aliphatic heterocycles. The van der Waals surface area contributed by atoms with Gasteiger partial charge in [-0.3, -0.25) is 0 Å². The van der Waals surface area contributed by atoms with E-state index < -0.39 is 0 Å². The Balaban J connectivity index is 2.22. The topological polar surface area (TPSA) is 23.8 Å². The number of nitriles is 1. The SMILES string of the molecule is CC(CC#N)c1ccc(-c2ccccc2)cc1. The third-order valence-corrected chi connectivity index (χ3v) is 2.98. The van der Waals surface area contributed by atoms with Gasteiger partial charge in [0.2, 0.25) is 0 Å². The van der Waals surface area contributed by atoms with Gasteiger partial charge in [0, 0.05) is 6.42 Å². The molecule has 0 heterocycles. The van der Waals surface area contributed by atoms with Crippen LogP contribution in [0.2, 0.25) is 0 Å². The van der Waals surface area contributed by atoms with Crippen molar-refractivity contribution in [2.75, 3.05) is 0 Å². The summed E-state index contributed by atoms with van der Waals surface area (Å²) in [5.74, 6) is 0.310. The first-order valence-corrected chi connectivity index (χ1v) is 5.83. The smallest absolute Gasteiger partial charge is 0.0628 e. The molecule has 0 radical (unpaired) electrons. The van der Waals surface area contributed by atoms with E-state index in [-0.39, 0.29) is 0 Å². The lowest BCUT2D eigenvalue weighted by atomic mass is 9.96. The van der Waals surface area contributed by atoms with Gasteiger partial charge in [-0.1, -0.05) is 61.5 Å². The summed E-state index contributed by atoms with van der Waals surface area (Å²) >= 11 is 0. The van der Waals surface area contributed by atoms with Crippen molar-refractivity contribution in [2.24, 2.45) is 0 Å². The van der Waals surface area contributed by atoms with Crippen LogP contribution in [0, 0.1) is 11.3 Å². The van der Waals surface area contributed by atoms with Crippen molar-refractivity contribution in [3.05, 3.63) is 60.2 Å². The third kappa shape index (κ3) is 2.73. The highest BCUT2D eigenvalue weighted by atomic mass is 14.2. The van der Waals surface area contributed by atoms with E-state index in [1.807, 2.05) is 18.2 Å². The number of rotatable bonds is 3. The van der Waals surface area contributed by atoms with Crippen LogP contribution in [0.1, 0.15) is 24.8 Å². The van der Waals surface area contributed by atoms with E-state index in [0.717, 1.165) is 0 Å². The van der Waals surface area contributed by atoms with E-state index in [2.05, 4.69) is 49.4 Å². The summed E-state index contributed by atoms with van der Waals surface area (Å²) in [6, 6.07) is 21.0. The first-order chi connectivity index (χ1) is 8.31. The molecule has 2 rings (SSSR count). The maximum absolute atomic E-state index is 8.68. The van der Waals surface area contributed by atoms with E-state index in [9.17, 15) is 0 Å². The Bertz CT molecular complexity index is 505. The average molecular weight is 221 g/mol. The molecule has 84 valence electrons. The molecule has 0 saturated heterocycles. The van der Waals surface area contributed by atoms with Crippen molar-refractivity contribution >= 4 is 0 Å². The van der Waals surface area contributed by atoms with Crippen molar-refractivity contribution in [3.63, 3.8) is 0 Å². The number of nitrogens with zero attached hydrogens (tertiary/aromatic N) is 1. The highest BCUT2D eigenvalue weighted by molar-refractivity contribution is 5.63. The van der Waals surface area contributed by atoms with Crippen LogP contribution in [0.15, 0.2) is 54.6 Å². The van der Waals surface area contributed by atoms with Crippen LogP contribution < -0.4 is 0 Å². The highest BCUT2D eigenvalue weighted by Crippen LogP contribution is 2.23. The molecule has 1 unspecified atom stereocenters. The zero-order valence-corrected chi connectivity index (χ0v) is 9.93. The Morgan fingerprint density at radius 3 is 2.12 bits per heavy atom. The van der Waals surface area contributed by atoms with Crippen LogP contribution >= 0.6 is 0 Å². The van der Waals surface area contributed by atoms with E-state index in [0.29, 0.717) is 12.3 Å². The molecule has 2 aromatic rings. The second-order valence-electron chi connectivity index (χ2n) is 4.25. The Labute approximate surface area is 102 Å².